The molecule has 108 valence electrons. The molecule has 0 aromatic heterocycles. The van der Waals surface area contributed by atoms with Crippen LogP contribution < -0.4 is 10.6 Å². The highest BCUT2D eigenvalue weighted by molar-refractivity contribution is 5.50. The van der Waals surface area contributed by atoms with Crippen molar-refractivity contribution in [1.82, 2.24) is 0 Å². The summed E-state index contributed by atoms with van der Waals surface area (Å²) < 4.78 is 14.3. The molecule has 0 aliphatic carbocycles. The van der Waals surface area contributed by atoms with E-state index in [1.807, 2.05) is 12.1 Å². The average molecular weight is 266 g/mol. The number of hydrogen-bond acceptors (Lipinski definition) is 2. The summed E-state index contributed by atoms with van der Waals surface area (Å²) in [5.74, 6) is -0.136. The van der Waals surface area contributed by atoms with Gasteiger partial charge in [-0.2, -0.15) is 0 Å². The number of benzene rings is 1. The Labute approximate surface area is 116 Å². The zero-order chi connectivity index (χ0) is 14.4. The Kier molecular flexibility index (Phi) is 6.29. The van der Waals surface area contributed by atoms with E-state index in [1.54, 1.807) is 6.07 Å². The molecule has 2 nitrogen and oxygen atoms in total. The van der Waals surface area contributed by atoms with Crippen molar-refractivity contribution in [2.45, 2.75) is 59.0 Å². The molecule has 0 radical (unpaired) electrons. The summed E-state index contributed by atoms with van der Waals surface area (Å²) in [6.07, 6.45) is 2.66. The van der Waals surface area contributed by atoms with Gasteiger partial charge in [0.2, 0.25) is 0 Å². The van der Waals surface area contributed by atoms with E-state index in [0.717, 1.165) is 31.4 Å². The van der Waals surface area contributed by atoms with Gasteiger partial charge in [-0.1, -0.05) is 19.9 Å². The summed E-state index contributed by atoms with van der Waals surface area (Å²) in [4.78, 5) is 2.11. The Morgan fingerprint density at radius 2 is 1.89 bits per heavy atom. The number of hydrogen-bond donors (Lipinski definition) is 1. The molecule has 0 saturated carbocycles. The zero-order valence-corrected chi connectivity index (χ0v) is 12.6. The van der Waals surface area contributed by atoms with Gasteiger partial charge in [-0.25, -0.2) is 4.39 Å². The molecular formula is C16H27FN2. The standard InChI is InChI=1S/C16H27FN2/c1-5-12(4)19(7-3)16-9-8-13(11-15(16)17)10-14(18)6-2/h8-9,11-12,14H,5-7,10,18H2,1-4H3. The molecule has 0 aliphatic heterocycles. The summed E-state index contributed by atoms with van der Waals surface area (Å²) in [5, 5.41) is 0. The lowest BCUT2D eigenvalue weighted by Gasteiger charge is -2.30. The molecule has 2 atom stereocenters. The van der Waals surface area contributed by atoms with Crippen LogP contribution in [0.1, 0.15) is 46.1 Å². The van der Waals surface area contributed by atoms with Crippen LogP contribution in [0.25, 0.3) is 0 Å². The van der Waals surface area contributed by atoms with Crippen molar-refractivity contribution in [3.05, 3.63) is 29.6 Å². The van der Waals surface area contributed by atoms with E-state index in [2.05, 4.69) is 32.6 Å². The average Bonchev–Trinajstić information content (AvgIpc) is 2.41. The first-order chi connectivity index (χ1) is 9.03. The summed E-state index contributed by atoms with van der Waals surface area (Å²) in [7, 11) is 0. The molecule has 0 saturated heterocycles. The van der Waals surface area contributed by atoms with Gasteiger partial charge >= 0.3 is 0 Å². The number of anilines is 1. The Morgan fingerprint density at radius 3 is 2.37 bits per heavy atom. The van der Waals surface area contributed by atoms with Crippen LogP contribution in [0.5, 0.6) is 0 Å². The van der Waals surface area contributed by atoms with Gasteiger partial charge in [-0.15, -0.1) is 0 Å². The maximum atomic E-state index is 14.3. The first-order valence-electron chi connectivity index (χ1n) is 7.34. The third-order valence-corrected chi connectivity index (χ3v) is 3.81. The van der Waals surface area contributed by atoms with Crippen molar-refractivity contribution < 1.29 is 4.39 Å². The lowest BCUT2D eigenvalue weighted by atomic mass is 10.0. The summed E-state index contributed by atoms with van der Waals surface area (Å²) in [6, 6.07) is 5.99. The first-order valence-corrected chi connectivity index (χ1v) is 7.34. The van der Waals surface area contributed by atoms with Crippen LogP contribution in [-0.2, 0) is 6.42 Å². The second-order valence-corrected chi connectivity index (χ2v) is 5.20. The van der Waals surface area contributed by atoms with E-state index in [4.69, 9.17) is 5.73 Å². The fraction of sp³-hybridized carbons (Fsp3) is 0.625. The van der Waals surface area contributed by atoms with Crippen LogP contribution in [-0.4, -0.2) is 18.6 Å². The van der Waals surface area contributed by atoms with Crippen LogP contribution in [0.3, 0.4) is 0 Å². The molecule has 19 heavy (non-hydrogen) atoms. The molecule has 0 fully saturated rings. The molecule has 0 heterocycles. The van der Waals surface area contributed by atoms with Crippen molar-refractivity contribution >= 4 is 5.69 Å². The highest BCUT2D eigenvalue weighted by atomic mass is 19.1. The van der Waals surface area contributed by atoms with Crippen LogP contribution in [0.2, 0.25) is 0 Å². The van der Waals surface area contributed by atoms with Gasteiger partial charge < -0.3 is 10.6 Å². The molecule has 0 amide bonds. The summed E-state index contributed by atoms with van der Waals surface area (Å²) in [6.45, 7) is 9.19. The van der Waals surface area contributed by atoms with E-state index in [0.29, 0.717) is 11.7 Å². The van der Waals surface area contributed by atoms with Crippen LogP contribution in [0.15, 0.2) is 18.2 Å². The summed E-state index contributed by atoms with van der Waals surface area (Å²) in [5.41, 5.74) is 7.60. The lowest BCUT2D eigenvalue weighted by molar-refractivity contribution is 0.579. The van der Waals surface area contributed by atoms with Gasteiger partial charge in [-0.3, -0.25) is 0 Å². The van der Waals surface area contributed by atoms with E-state index >= 15 is 0 Å². The van der Waals surface area contributed by atoms with Crippen molar-refractivity contribution in [2.75, 3.05) is 11.4 Å². The molecule has 1 rings (SSSR count). The number of rotatable bonds is 7. The van der Waals surface area contributed by atoms with Crippen molar-refractivity contribution in [2.24, 2.45) is 5.73 Å². The lowest BCUT2D eigenvalue weighted by Crippen LogP contribution is -2.33. The molecule has 1 aromatic rings. The Hall–Kier alpha value is -1.09. The fourth-order valence-corrected chi connectivity index (χ4v) is 2.30. The Balaban J connectivity index is 2.92. The molecule has 0 spiro atoms. The van der Waals surface area contributed by atoms with E-state index < -0.39 is 0 Å². The van der Waals surface area contributed by atoms with E-state index in [1.165, 1.54) is 0 Å². The minimum atomic E-state index is -0.136. The molecule has 2 N–H and O–H groups in total. The number of nitrogens with zero attached hydrogens (tertiary/aromatic N) is 1. The normalized spacial score (nSPS) is 14.2. The quantitative estimate of drug-likeness (QED) is 0.814. The van der Waals surface area contributed by atoms with Crippen LogP contribution in [0.4, 0.5) is 10.1 Å². The van der Waals surface area contributed by atoms with Gasteiger partial charge in [0, 0.05) is 18.6 Å². The number of nitrogens with two attached hydrogens (primary N) is 1. The van der Waals surface area contributed by atoms with Gasteiger partial charge in [0.25, 0.3) is 0 Å². The predicted octanol–water partition coefficient (Wildman–Crippen LogP) is 3.73. The van der Waals surface area contributed by atoms with Gasteiger partial charge in [0.1, 0.15) is 5.82 Å². The van der Waals surface area contributed by atoms with Crippen LogP contribution in [0, 0.1) is 5.82 Å². The predicted molar refractivity (Wildman–Crippen MR) is 81.1 cm³/mol. The number of halogens is 1. The molecule has 0 aliphatic rings. The molecule has 3 heteroatoms. The largest absolute Gasteiger partial charge is 0.367 e. The highest BCUT2D eigenvalue weighted by Gasteiger charge is 2.15. The van der Waals surface area contributed by atoms with E-state index in [-0.39, 0.29) is 11.9 Å². The second-order valence-electron chi connectivity index (χ2n) is 5.20. The maximum absolute atomic E-state index is 14.3. The van der Waals surface area contributed by atoms with Crippen molar-refractivity contribution in [3.8, 4) is 0 Å². The highest BCUT2D eigenvalue weighted by Crippen LogP contribution is 2.24. The monoisotopic (exact) mass is 266 g/mol. The second kappa shape index (κ2) is 7.49. The minimum Gasteiger partial charge on any atom is -0.367 e. The third kappa shape index (κ3) is 4.20. The van der Waals surface area contributed by atoms with Gasteiger partial charge in [0.15, 0.2) is 0 Å². The molecule has 0 bridgehead atoms. The van der Waals surface area contributed by atoms with Crippen molar-refractivity contribution in [3.63, 3.8) is 0 Å². The SMILES string of the molecule is CCC(N)Cc1ccc(N(CC)C(C)CC)c(F)c1. The third-order valence-electron chi connectivity index (χ3n) is 3.81. The smallest absolute Gasteiger partial charge is 0.146 e. The molecular weight excluding hydrogens is 239 g/mol. The fourth-order valence-electron chi connectivity index (χ4n) is 2.30. The summed E-state index contributed by atoms with van der Waals surface area (Å²) >= 11 is 0. The Morgan fingerprint density at radius 1 is 1.21 bits per heavy atom. The van der Waals surface area contributed by atoms with Crippen LogP contribution >= 0.6 is 0 Å². The van der Waals surface area contributed by atoms with E-state index in [9.17, 15) is 4.39 Å². The molecule has 2 unspecified atom stereocenters. The zero-order valence-electron chi connectivity index (χ0n) is 12.6. The molecule has 1 aromatic carbocycles. The first kappa shape index (κ1) is 16.0. The topological polar surface area (TPSA) is 29.3 Å². The Bertz CT molecular complexity index is 392. The minimum absolute atomic E-state index is 0.113. The van der Waals surface area contributed by atoms with Gasteiger partial charge in [-0.05, 0) is 50.8 Å². The maximum Gasteiger partial charge on any atom is 0.146 e. The van der Waals surface area contributed by atoms with Crippen molar-refractivity contribution in [1.29, 1.82) is 0 Å². The van der Waals surface area contributed by atoms with Gasteiger partial charge in [0.05, 0.1) is 5.69 Å².